The van der Waals surface area contributed by atoms with Gasteiger partial charge in [-0.3, -0.25) is 9.59 Å². The third kappa shape index (κ3) is 3.93. The van der Waals surface area contributed by atoms with E-state index in [2.05, 4.69) is 15.5 Å². The van der Waals surface area contributed by atoms with E-state index in [4.69, 9.17) is 4.74 Å². The van der Waals surface area contributed by atoms with Gasteiger partial charge in [-0.2, -0.15) is 10.2 Å². The molecule has 1 aliphatic heterocycles. The SMILES string of the molecule is Cc1nn(CCC(=O)NC[C@@H]2CCCO2)c(=O)c2nn(-c3ccccc3)c(C)c12. The van der Waals surface area contributed by atoms with Gasteiger partial charge in [0.2, 0.25) is 5.91 Å². The number of fused-ring (bicyclic) bond motifs is 1. The Morgan fingerprint density at radius 1 is 1.24 bits per heavy atom. The highest BCUT2D eigenvalue weighted by molar-refractivity contribution is 5.83. The predicted octanol–water partition coefficient (Wildman–Crippen LogP) is 1.88. The number of carbonyl (C=O) groups excluding carboxylic acids is 1. The van der Waals surface area contributed by atoms with Crippen molar-refractivity contribution in [3.8, 4) is 5.69 Å². The smallest absolute Gasteiger partial charge is 0.295 e. The van der Waals surface area contributed by atoms with Crippen molar-refractivity contribution in [1.82, 2.24) is 24.9 Å². The zero-order valence-electron chi connectivity index (χ0n) is 16.7. The summed E-state index contributed by atoms with van der Waals surface area (Å²) in [6.07, 6.45) is 2.29. The first-order valence-electron chi connectivity index (χ1n) is 9.95. The topological polar surface area (TPSA) is 91.0 Å². The number of rotatable bonds is 6. The summed E-state index contributed by atoms with van der Waals surface area (Å²) in [4.78, 5) is 25.1. The van der Waals surface area contributed by atoms with Crippen molar-refractivity contribution in [2.24, 2.45) is 0 Å². The van der Waals surface area contributed by atoms with Crippen LogP contribution in [0.2, 0.25) is 0 Å². The molecule has 1 amide bonds. The molecule has 3 heterocycles. The number of aromatic nitrogens is 4. The molecule has 29 heavy (non-hydrogen) atoms. The van der Waals surface area contributed by atoms with Crippen LogP contribution in [0.25, 0.3) is 16.6 Å². The van der Waals surface area contributed by atoms with Crippen molar-refractivity contribution >= 4 is 16.8 Å². The molecule has 0 aliphatic carbocycles. The summed E-state index contributed by atoms with van der Waals surface area (Å²) < 4.78 is 8.61. The van der Waals surface area contributed by atoms with Gasteiger partial charge in [-0.05, 0) is 38.8 Å². The Bertz CT molecular complexity index is 1080. The molecular weight excluding hydrogens is 370 g/mol. The molecule has 3 aromatic rings. The Labute approximate surface area is 168 Å². The largest absolute Gasteiger partial charge is 0.376 e. The Balaban J connectivity index is 1.54. The molecule has 1 saturated heterocycles. The molecule has 1 aliphatic rings. The number of ether oxygens (including phenoxy) is 1. The summed E-state index contributed by atoms with van der Waals surface area (Å²) in [7, 11) is 0. The van der Waals surface area contributed by atoms with E-state index < -0.39 is 0 Å². The molecule has 2 aromatic heterocycles. The minimum absolute atomic E-state index is 0.100. The number of carbonyl (C=O) groups is 1. The van der Waals surface area contributed by atoms with Crippen molar-refractivity contribution < 1.29 is 9.53 Å². The normalized spacial score (nSPS) is 16.4. The lowest BCUT2D eigenvalue weighted by Crippen LogP contribution is -2.33. The number of para-hydroxylation sites is 1. The summed E-state index contributed by atoms with van der Waals surface area (Å²) in [5.41, 5.74) is 2.57. The van der Waals surface area contributed by atoms with Crippen LogP contribution in [0, 0.1) is 13.8 Å². The highest BCUT2D eigenvalue weighted by Crippen LogP contribution is 2.20. The van der Waals surface area contributed by atoms with Gasteiger partial charge in [0.05, 0.1) is 35.1 Å². The molecule has 4 rings (SSSR count). The fourth-order valence-corrected chi connectivity index (χ4v) is 3.78. The Morgan fingerprint density at radius 3 is 2.76 bits per heavy atom. The molecule has 0 radical (unpaired) electrons. The third-order valence-electron chi connectivity index (χ3n) is 5.29. The fourth-order valence-electron chi connectivity index (χ4n) is 3.78. The van der Waals surface area contributed by atoms with E-state index in [9.17, 15) is 9.59 Å². The van der Waals surface area contributed by atoms with E-state index in [-0.39, 0.29) is 30.5 Å². The van der Waals surface area contributed by atoms with Crippen LogP contribution in [0.4, 0.5) is 0 Å². The molecule has 152 valence electrons. The van der Waals surface area contributed by atoms with Crippen molar-refractivity contribution in [3.05, 3.63) is 52.1 Å². The maximum atomic E-state index is 12.9. The highest BCUT2D eigenvalue weighted by atomic mass is 16.5. The first-order chi connectivity index (χ1) is 14.0. The molecule has 1 N–H and O–H groups in total. The number of hydrogen-bond donors (Lipinski definition) is 1. The lowest BCUT2D eigenvalue weighted by molar-refractivity contribution is -0.121. The van der Waals surface area contributed by atoms with Crippen LogP contribution in [-0.2, 0) is 16.1 Å². The van der Waals surface area contributed by atoms with Crippen molar-refractivity contribution in [2.45, 2.75) is 45.8 Å². The molecule has 0 saturated carbocycles. The Hall–Kier alpha value is -3.00. The van der Waals surface area contributed by atoms with E-state index in [1.54, 1.807) is 4.68 Å². The minimum atomic E-state index is -0.282. The van der Waals surface area contributed by atoms with Crippen LogP contribution in [0.5, 0.6) is 0 Å². The third-order valence-corrected chi connectivity index (χ3v) is 5.29. The lowest BCUT2D eigenvalue weighted by Gasteiger charge is -2.11. The maximum absolute atomic E-state index is 12.9. The van der Waals surface area contributed by atoms with Gasteiger partial charge in [0.15, 0.2) is 5.52 Å². The van der Waals surface area contributed by atoms with Crippen LogP contribution >= 0.6 is 0 Å². The summed E-state index contributed by atoms with van der Waals surface area (Å²) in [6, 6.07) is 9.68. The number of nitrogens with one attached hydrogen (secondary N) is 1. The molecule has 0 unspecified atom stereocenters. The maximum Gasteiger partial charge on any atom is 0.295 e. The number of hydrogen-bond acceptors (Lipinski definition) is 5. The minimum Gasteiger partial charge on any atom is -0.376 e. The van der Waals surface area contributed by atoms with Gasteiger partial charge in [0.25, 0.3) is 5.56 Å². The molecule has 8 heteroatoms. The lowest BCUT2D eigenvalue weighted by atomic mass is 10.2. The van der Waals surface area contributed by atoms with Crippen LogP contribution in [0.1, 0.15) is 30.7 Å². The number of nitrogens with zero attached hydrogens (tertiary/aromatic N) is 4. The molecule has 0 spiro atoms. The molecular formula is C21H25N5O3. The van der Waals surface area contributed by atoms with Crippen LogP contribution in [-0.4, -0.2) is 44.7 Å². The zero-order chi connectivity index (χ0) is 20.4. The van der Waals surface area contributed by atoms with Gasteiger partial charge in [-0.1, -0.05) is 18.2 Å². The Kier molecular flexibility index (Phi) is 5.44. The second-order valence-corrected chi connectivity index (χ2v) is 7.36. The van der Waals surface area contributed by atoms with Crippen molar-refractivity contribution in [3.63, 3.8) is 0 Å². The standard InChI is InChI=1S/C21H25N5O3/c1-14-19-15(2)26(16-7-4-3-5-8-16)24-20(19)21(28)25(23-14)11-10-18(27)22-13-17-9-6-12-29-17/h3-5,7-8,17H,6,9-13H2,1-2H3,(H,22,27)/t17-/m0/s1. The average Bonchev–Trinajstić information content (AvgIpc) is 3.37. The quantitative estimate of drug-likeness (QED) is 0.688. The average molecular weight is 395 g/mol. The zero-order valence-corrected chi connectivity index (χ0v) is 16.7. The monoisotopic (exact) mass is 395 g/mol. The van der Waals surface area contributed by atoms with Crippen molar-refractivity contribution in [2.75, 3.05) is 13.2 Å². The molecule has 8 nitrogen and oxygen atoms in total. The van der Waals surface area contributed by atoms with E-state index in [0.29, 0.717) is 12.1 Å². The first kappa shape index (κ1) is 19.3. The van der Waals surface area contributed by atoms with Gasteiger partial charge in [0.1, 0.15) is 0 Å². The van der Waals surface area contributed by atoms with Gasteiger partial charge in [0, 0.05) is 19.6 Å². The fraction of sp³-hybridized carbons (Fsp3) is 0.429. The van der Waals surface area contributed by atoms with E-state index >= 15 is 0 Å². The summed E-state index contributed by atoms with van der Waals surface area (Å²) >= 11 is 0. The summed E-state index contributed by atoms with van der Waals surface area (Å²) in [5, 5.41) is 12.6. The number of benzene rings is 1. The van der Waals surface area contributed by atoms with Crippen LogP contribution < -0.4 is 10.9 Å². The second kappa shape index (κ2) is 8.16. The predicted molar refractivity (Wildman–Crippen MR) is 109 cm³/mol. The van der Waals surface area contributed by atoms with Crippen LogP contribution in [0.3, 0.4) is 0 Å². The number of amides is 1. The second-order valence-electron chi connectivity index (χ2n) is 7.36. The Morgan fingerprint density at radius 2 is 2.03 bits per heavy atom. The first-order valence-corrected chi connectivity index (χ1v) is 9.95. The molecule has 0 bridgehead atoms. The van der Waals surface area contributed by atoms with E-state index in [1.165, 1.54) is 4.68 Å². The summed E-state index contributed by atoms with van der Waals surface area (Å²) in [6.45, 7) is 5.28. The number of aryl methyl sites for hydroxylation is 3. The van der Waals surface area contributed by atoms with Crippen molar-refractivity contribution in [1.29, 1.82) is 0 Å². The molecule has 1 fully saturated rings. The highest BCUT2D eigenvalue weighted by Gasteiger charge is 2.19. The van der Waals surface area contributed by atoms with Gasteiger partial charge < -0.3 is 10.1 Å². The molecule has 1 aromatic carbocycles. The molecule has 1 atom stereocenters. The van der Waals surface area contributed by atoms with Gasteiger partial charge >= 0.3 is 0 Å². The van der Waals surface area contributed by atoms with E-state index in [0.717, 1.165) is 41.9 Å². The van der Waals surface area contributed by atoms with Gasteiger partial charge in [-0.15, -0.1) is 0 Å². The van der Waals surface area contributed by atoms with E-state index in [1.807, 2.05) is 44.2 Å². The summed E-state index contributed by atoms with van der Waals surface area (Å²) in [5.74, 6) is -0.113. The van der Waals surface area contributed by atoms with Crippen LogP contribution in [0.15, 0.2) is 35.1 Å². The van der Waals surface area contributed by atoms with Gasteiger partial charge in [-0.25, -0.2) is 9.36 Å².